The molecule has 134 valence electrons. The lowest BCUT2D eigenvalue weighted by atomic mass is 10.1. The van der Waals surface area contributed by atoms with Crippen molar-refractivity contribution in [2.75, 3.05) is 10.8 Å². The number of amides is 1. The molecule has 0 heterocycles. The van der Waals surface area contributed by atoms with Crippen LogP contribution in [-0.2, 0) is 14.8 Å². The summed E-state index contributed by atoms with van der Waals surface area (Å²) in [6.07, 6.45) is 0. The van der Waals surface area contributed by atoms with Crippen molar-refractivity contribution in [2.45, 2.75) is 38.1 Å². The zero-order chi connectivity index (χ0) is 18.7. The lowest BCUT2D eigenvalue weighted by molar-refractivity contribution is -0.121. The number of nitrogens with zero attached hydrogens (tertiary/aromatic N) is 1. The fourth-order valence-corrected chi connectivity index (χ4v) is 3.76. The molecule has 25 heavy (non-hydrogen) atoms. The molecule has 0 bridgehead atoms. The second-order valence-electron chi connectivity index (χ2n) is 6.96. The number of aryl methyl sites for hydroxylation is 1. The van der Waals surface area contributed by atoms with E-state index >= 15 is 0 Å². The molecule has 0 atom stereocenters. The van der Waals surface area contributed by atoms with Gasteiger partial charge in [0, 0.05) is 5.54 Å². The number of anilines is 1. The Bertz CT molecular complexity index is 823. The summed E-state index contributed by atoms with van der Waals surface area (Å²) in [6.45, 7) is 7.17. The summed E-state index contributed by atoms with van der Waals surface area (Å²) in [5.41, 5.74) is 0.982. The van der Waals surface area contributed by atoms with Gasteiger partial charge in [0.2, 0.25) is 5.91 Å². The fraction of sp³-hybridized carbons (Fsp3) is 0.316. The third-order valence-corrected chi connectivity index (χ3v) is 5.24. The Kier molecular flexibility index (Phi) is 5.52. The first-order valence-corrected chi connectivity index (χ1v) is 9.49. The minimum absolute atomic E-state index is 0.158. The summed E-state index contributed by atoms with van der Waals surface area (Å²) >= 11 is 0. The van der Waals surface area contributed by atoms with Crippen molar-refractivity contribution >= 4 is 21.6 Å². The molecule has 1 amide bonds. The van der Waals surface area contributed by atoms with Gasteiger partial charge < -0.3 is 5.32 Å². The number of nitrogens with one attached hydrogen (secondary N) is 1. The van der Waals surface area contributed by atoms with E-state index in [1.165, 1.54) is 0 Å². The van der Waals surface area contributed by atoms with E-state index in [0.29, 0.717) is 5.69 Å². The molecule has 2 aromatic rings. The molecular formula is C19H24N2O3S. The number of carbonyl (C=O) groups is 1. The summed E-state index contributed by atoms with van der Waals surface area (Å²) in [5.74, 6) is -0.355. The lowest BCUT2D eigenvalue weighted by Gasteiger charge is -2.27. The van der Waals surface area contributed by atoms with Crippen molar-refractivity contribution in [3.05, 3.63) is 60.2 Å². The molecule has 2 aromatic carbocycles. The van der Waals surface area contributed by atoms with Gasteiger partial charge in [-0.25, -0.2) is 8.42 Å². The van der Waals surface area contributed by atoms with Crippen LogP contribution in [0.1, 0.15) is 26.3 Å². The zero-order valence-corrected chi connectivity index (χ0v) is 15.8. The van der Waals surface area contributed by atoms with E-state index in [9.17, 15) is 13.2 Å². The summed E-state index contributed by atoms with van der Waals surface area (Å²) in [6, 6.07) is 15.2. The van der Waals surface area contributed by atoms with Crippen molar-refractivity contribution < 1.29 is 13.2 Å². The first kappa shape index (κ1) is 19.0. The van der Waals surface area contributed by atoms with E-state index in [2.05, 4.69) is 5.32 Å². The molecule has 0 saturated carbocycles. The van der Waals surface area contributed by atoms with Crippen LogP contribution in [0.5, 0.6) is 0 Å². The average molecular weight is 360 g/mol. The molecule has 5 nitrogen and oxygen atoms in total. The monoisotopic (exact) mass is 360 g/mol. The minimum atomic E-state index is -3.85. The van der Waals surface area contributed by atoms with E-state index in [-0.39, 0.29) is 17.3 Å². The highest BCUT2D eigenvalue weighted by atomic mass is 32.2. The highest BCUT2D eigenvalue weighted by Gasteiger charge is 2.28. The standard InChI is InChI=1S/C19H24N2O3S/c1-15-10-12-17(13-11-15)25(23,24)21(16-8-6-5-7-9-16)14-18(22)20-19(2,3)4/h5-13H,14H2,1-4H3,(H,20,22). The molecular weight excluding hydrogens is 336 g/mol. The van der Waals surface area contributed by atoms with E-state index in [4.69, 9.17) is 0 Å². The van der Waals surface area contributed by atoms with Crippen LogP contribution >= 0.6 is 0 Å². The van der Waals surface area contributed by atoms with Gasteiger partial charge in [-0.1, -0.05) is 35.9 Å². The highest BCUT2D eigenvalue weighted by Crippen LogP contribution is 2.23. The van der Waals surface area contributed by atoms with Gasteiger partial charge in [-0.2, -0.15) is 0 Å². The van der Waals surface area contributed by atoms with Crippen molar-refractivity contribution in [1.29, 1.82) is 0 Å². The van der Waals surface area contributed by atoms with Crippen LogP contribution in [0.3, 0.4) is 0 Å². The number of benzene rings is 2. The third kappa shape index (κ3) is 5.06. The van der Waals surface area contributed by atoms with Crippen LogP contribution in [0.2, 0.25) is 0 Å². The van der Waals surface area contributed by atoms with Gasteiger partial charge in [-0.15, -0.1) is 0 Å². The molecule has 0 fully saturated rings. The summed E-state index contributed by atoms with van der Waals surface area (Å²) in [7, 11) is -3.85. The SMILES string of the molecule is Cc1ccc(S(=O)(=O)N(CC(=O)NC(C)(C)C)c2ccccc2)cc1. The van der Waals surface area contributed by atoms with Crippen molar-refractivity contribution in [3.8, 4) is 0 Å². The molecule has 0 aromatic heterocycles. The first-order chi connectivity index (χ1) is 11.6. The molecule has 0 aliphatic heterocycles. The topological polar surface area (TPSA) is 66.5 Å². The quantitative estimate of drug-likeness (QED) is 0.891. The molecule has 0 radical (unpaired) electrons. The maximum atomic E-state index is 13.1. The predicted molar refractivity (Wildman–Crippen MR) is 100 cm³/mol. The number of hydrogen-bond donors (Lipinski definition) is 1. The van der Waals surface area contributed by atoms with Crippen molar-refractivity contribution in [2.24, 2.45) is 0 Å². The van der Waals surface area contributed by atoms with E-state index in [0.717, 1.165) is 9.87 Å². The van der Waals surface area contributed by atoms with Gasteiger partial charge in [0.1, 0.15) is 6.54 Å². The molecule has 0 unspecified atom stereocenters. The van der Waals surface area contributed by atoms with Crippen molar-refractivity contribution in [3.63, 3.8) is 0 Å². The first-order valence-electron chi connectivity index (χ1n) is 8.05. The van der Waals surface area contributed by atoms with Crippen molar-refractivity contribution in [1.82, 2.24) is 5.32 Å². The summed E-state index contributed by atoms with van der Waals surface area (Å²) < 4.78 is 27.3. The average Bonchev–Trinajstić information content (AvgIpc) is 2.52. The lowest BCUT2D eigenvalue weighted by Crippen LogP contribution is -2.47. The number of para-hydroxylation sites is 1. The summed E-state index contributed by atoms with van der Waals surface area (Å²) in [4.78, 5) is 12.5. The zero-order valence-electron chi connectivity index (χ0n) is 15.0. The highest BCUT2D eigenvalue weighted by molar-refractivity contribution is 7.92. The van der Waals surface area contributed by atoms with Crippen LogP contribution < -0.4 is 9.62 Å². The molecule has 2 rings (SSSR count). The number of sulfonamides is 1. The second-order valence-corrected chi connectivity index (χ2v) is 8.82. The van der Waals surface area contributed by atoms with E-state index < -0.39 is 15.6 Å². The molecule has 0 saturated heterocycles. The van der Waals surface area contributed by atoms with Gasteiger partial charge in [0.25, 0.3) is 10.0 Å². The smallest absolute Gasteiger partial charge is 0.264 e. The fourth-order valence-electron chi connectivity index (χ4n) is 2.33. The Morgan fingerprint density at radius 3 is 2.08 bits per heavy atom. The largest absolute Gasteiger partial charge is 0.350 e. The molecule has 6 heteroatoms. The number of hydrogen-bond acceptors (Lipinski definition) is 3. The van der Waals surface area contributed by atoms with E-state index in [1.807, 2.05) is 27.7 Å². The Balaban J connectivity index is 2.41. The molecule has 0 spiro atoms. The van der Waals surface area contributed by atoms with Crippen LogP contribution in [0.4, 0.5) is 5.69 Å². The minimum Gasteiger partial charge on any atom is -0.350 e. The Morgan fingerprint density at radius 1 is 1.00 bits per heavy atom. The molecule has 1 N–H and O–H groups in total. The molecule has 0 aliphatic rings. The van der Waals surface area contributed by atoms with Gasteiger partial charge in [-0.05, 0) is 52.0 Å². The number of rotatable bonds is 5. The predicted octanol–water partition coefficient (Wildman–Crippen LogP) is 3.11. The van der Waals surface area contributed by atoms with Gasteiger partial charge >= 0.3 is 0 Å². The van der Waals surface area contributed by atoms with Crippen LogP contribution in [0.25, 0.3) is 0 Å². The Morgan fingerprint density at radius 2 is 1.56 bits per heavy atom. The van der Waals surface area contributed by atoms with E-state index in [1.54, 1.807) is 54.6 Å². The number of carbonyl (C=O) groups excluding carboxylic acids is 1. The normalized spacial score (nSPS) is 11.8. The van der Waals surface area contributed by atoms with Crippen LogP contribution in [0, 0.1) is 6.92 Å². The third-order valence-electron chi connectivity index (χ3n) is 3.45. The maximum absolute atomic E-state index is 13.1. The van der Waals surface area contributed by atoms with Crippen LogP contribution in [0.15, 0.2) is 59.5 Å². The Labute approximate surface area is 149 Å². The van der Waals surface area contributed by atoms with Crippen LogP contribution in [-0.4, -0.2) is 26.4 Å². The maximum Gasteiger partial charge on any atom is 0.264 e. The Hall–Kier alpha value is -2.34. The molecule has 0 aliphatic carbocycles. The second kappa shape index (κ2) is 7.27. The summed E-state index contributed by atoms with van der Waals surface area (Å²) in [5, 5.41) is 2.81. The van der Waals surface area contributed by atoms with Gasteiger partial charge in [0.05, 0.1) is 10.6 Å². The van der Waals surface area contributed by atoms with Gasteiger partial charge in [0.15, 0.2) is 0 Å². The van der Waals surface area contributed by atoms with Gasteiger partial charge in [-0.3, -0.25) is 9.10 Å².